The first-order chi connectivity index (χ1) is 8.68. The summed E-state index contributed by atoms with van der Waals surface area (Å²) in [7, 11) is 0.995. The first-order valence-electron chi connectivity index (χ1n) is 6.01. The Morgan fingerprint density at radius 3 is 2.26 bits per heavy atom. The fraction of sp³-hybridized carbons (Fsp3) is 0.583. The lowest BCUT2D eigenvalue weighted by molar-refractivity contribution is 0.00578. The van der Waals surface area contributed by atoms with E-state index in [2.05, 4.69) is 0 Å². The van der Waals surface area contributed by atoms with Crippen LogP contribution < -0.4 is 15.9 Å². The van der Waals surface area contributed by atoms with Crippen molar-refractivity contribution in [1.82, 2.24) is 0 Å². The molecule has 0 saturated carbocycles. The zero-order chi connectivity index (χ0) is 14.4. The molecule has 1 saturated heterocycles. The van der Waals surface area contributed by atoms with Crippen LogP contribution in [0.4, 0.5) is 0 Å². The van der Waals surface area contributed by atoms with E-state index in [1.807, 2.05) is 27.7 Å². The van der Waals surface area contributed by atoms with Crippen LogP contribution in [0.3, 0.4) is 0 Å². The highest BCUT2D eigenvalue weighted by Gasteiger charge is 2.52. The van der Waals surface area contributed by atoms with E-state index in [9.17, 15) is 4.79 Å². The zero-order valence-electron chi connectivity index (χ0n) is 11.8. The van der Waals surface area contributed by atoms with Crippen molar-refractivity contribution in [3.05, 3.63) is 10.9 Å². The molecule has 2 rings (SSSR count). The van der Waals surface area contributed by atoms with E-state index < -0.39 is 24.2 Å². The quantitative estimate of drug-likeness (QED) is 0.845. The Kier molecular flexibility index (Phi) is 3.41. The summed E-state index contributed by atoms with van der Waals surface area (Å²) in [6.07, 6.45) is 0. The normalized spacial score (nSPS) is 20.6. The number of nitrogens with two attached hydrogens (primary N) is 1. The predicted octanol–water partition coefficient (Wildman–Crippen LogP) is 1.15. The highest BCUT2D eigenvalue weighted by molar-refractivity contribution is 7.17. The molecule has 2 heterocycles. The minimum atomic E-state index is -0.552. The molecule has 0 aromatic carbocycles. The first-order valence-corrected chi connectivity index (χ1v) is 6.83. The minimum absolute atomic E-state index is 0.432. The molecule has 1 amide bonds. The van der Waals surface area contributed by atoms with Crippen molar-refractivity contribution in [3.63, 3.8) is 0 Å². The van der Waals surface area contributed by atoms with Crippen molar-refractivity contribution in [2.24, 2.45) is 5.73 Å². The SMILES string of the molecule is COc1sc(C(N)=O)cc1B1OC(C)(C)C(C)(C)O1. The molecule has 7 heteroatoms. The Bertz CT molecular complexity index is 496. The number of carbonyl (C=O) groups excluding carboxylic acids is 1. The molecule has 0 radical (unpaired) electrons. The number of methoxy groups -OCH3 is 1. The molecular weight excluding hydrogens is 265 g/mol. The molecule has 5 nitrogen and oxygen atoms in total. The van der Waals surface area contributed by atoms with Crippen LogP contribution in [-0.4, -0.2) is 31.3 Å². The Morgan fingerprint density at radius 1 is 1.32 bits per heavy atom. The van der Waals surface area contributed by atoms with E-state index in [1.54, 1.807) is 13.2 Å². The smallest absolute Gasteiger partial charge is 0.488 e. The number of ether oxygens (including phenoxy) is 1. The zero-order valence-corrected chi connectivity index (χ0v) is 12.6. The fourth-order valence-electron chi connectivity index (χ4n) is 1.80. The predicted molar refractivity (Wildman–Crippen MR) is 75.1 cm³/mol. The molecular formula is C12H18BNO4S. The van der Waals surface area contributed by atoms with Gasteiger partial charge in [0.2, 0.25) is 0 Å². The molecule has 1 aliphatic heterocycles. The first kappa shape index (κ1) is 14.4. The van der Waals surface area contributed by atoms with Gasteiger partial charge >= 0.3 is 7.12 Å². The molecule has 0 aliphatic carbocycles. The molecule has 1 aromatic heterocycles. The third-order valence-electron chi connectivity index (χ3n) is 3.66. The van der Waals surface area contributed by atoms with Gasteiger partial charge < -0.3 is 19.8 Å². The Hall–Kier alpha value is -1.05. The largest absolute Gasteiger partial charge is 0.499 e. The van der Waals surface area contributed by atoms with E-state index in [0.717, 1.165) is 0 Å². The lowest BCUT2D eigenvalue weighted by Crippen LogP contribution is -2.41. The maximum Gasteiger partial charge on any atom is 0.499 e. The molecule has 1 aliphatic rings. The molecule has 104 valence electrons. The summed E-state index contributed by atoms with van der Waals surface area (Å²) in [5.74, 6) is -0.480. The van der Waals surface area contributed by atoms with E-state index in [4.69, 9.17) is 19.8 Å². The number of hydrogen-bond donors (Lipinski definition) is 1. The van der Waals surface area contributed by atoms with Crippen LogP contribution >= 0.6 is 11.3 Å². The Labute approximate surface area is 117 Å². The molecule has 0 atom stereocenters. The monoisotopic (exact) mass is 283 g/mol. The van der Waals surface area contributed by atoms with E-state index in [-0.39, 0.29) is 0 Å². The van der Waals surface area contributed by atoms with Crippen molar-refractivity contribution in [2.75, 3.05) is 7.11 Å². The van der Waals surface area contributed by atoms with Gasteiger partial charge in [-0.15, -0.1) is 0 Å². The highest BCUT2D eigenvalue weighted by Crippen LogP contribution is 2.38. The van der Waals surface area contributed by atoms with Crippen LogP contribution in [0.25, 0.3) is 0 Å². The summed E-state index contributed by atoms with van der Waals surface area (Å²) < 4.78 is 17.2. The number of amides is 1. The highest BCUT2D eigenvalue weighted by atomic mass is 32.1. The van der Waals surface area contributed by atoms with Crippen molar-refractivity contribution in [2.45, 2.75) is 38.9 Å². The number of carbonyl (C=O) groups is 1. The van der Waals surface area contributed by atoms with Crippen molar-refractivity contribution >= 4 is 29.8 Å². The van der Waals surface area contributed by atoms with Crippen LogP contribution in [0, 0.1) is 0 Å². The lowest BCUT2D eigenvalue weighted by Gasteiger charge is -2.32. The van der Waals surface area contributed by atoms with Crippen molar-refractivity contribution in [3.8, 4) is 5.06 Å². The van der Waals surface area contributed by atoms with Gasteiger partial charge in [0.05, 0.1) is 23.2 Å². The summed E-state index contributed by atoms with van der Waals surface area (Å²) >= 11 is 1.20. The summed E-state index contributed by atoms with van der Waals surface area (Å²) in [6.45, 7) is 7.89. The van der Waals surface area contributed by atoms with Crippen molar-refractivity contribution in [1.29, 1.82) is 0 Å². The van der Waals surface area contributed by atoms with Gasteiger partial charge in [-0.3, -0.25) is 4.79 Å². The average molecular weight is 283 g/mol. The lowest BCUT2D eigenvalue weighted by atomic mass is 9.80. The standard InChI is InChI=1S/C12H18BNO4S/c1-11(2)12(3,4)18-13(17-11)7-6-8(9(14)15)19-10(7)16-5/h6H,1-5H3,(H2,14,15). The third-order valence-corrected chi connectivity index (χ3v) is 4.79. The summed E-state index contributed by atoms with van der Waals surface area (Å²) in [4.78, 5) is 11.7. The van der Waals surface area contributed by atoms with Crippen LogP contribution in [0.5, 0.6) is 5.06 Å². The van der Waals surface area contributed by atoms with Crippen molar-refractivity contribution < 1.29 is 18.8 Å². The second-order valence-electron chi connectivity index (χ2n) is 5.51. The molecule has 1 aromatic rings. The maximum absolute atomic E-state index is 11.2. The van der Waals surface area contributed by atoms with Crippen LogP contribution in [0.2, 0.25) is 0 Å². The van der Waals surface area contributed by atoms with Gasteiger partial charge in [-0.2, -0.15) is 0 Å². The van der Waals surface area contributed by atoms with E-state index in [1.165, 1.54) is 11.3 Å². The molecule has 19 heavy (non-hydrogen) atoms. The fourth-order valence-corrected chi connectivity index (χ4v) is 2.65. The number of rotatable bonds is 3. The van der Waals surface area contributed by atoms with Gasteiger partial charge in [0.15, 0.2) is 5.06 Å². The Balaban J connectivity index is 2.36. The molecule has 0 bridgehead atoms. The molecule has 2 N–H and O–H groups in total. The summed E-state index contributed by atoms with van der Waals surface area (Å²) in [6, 6.07) is 1.67. The van der Waals surface area contributed by atoms with Crippen LogP contribution in [-0.2, 0) is 9.31 Å². The number of thiophene rings is 1. The molecule has 1 fully saturated rings. The van der Waals surface area contributed by atoms with Gasteiger partial charge in [-0.05, 0) is 33.8 Å². The van der Waals surface area contributed by atoms with Gasteiger partial charge in [0.25, 0.3) is 5.91 Å². The summed E-state index contributed by atoms with van der Waals surface area (Å²) in [5, 5.41) is 0.590. The van der Waals surface area contributed by atoms with Crippen LogP contribution in [0.1, 0.15) is 37.4 Å². The maximum atomic E-state index is 11.2. The topological polar surface area (TPSA) is 70.8 Å². The Morgan fingerprint density at radius 2 is 1.84 bits per heavy atom. The van der Waals surface area contributed by atoms with Gasteiger partial charge in [0, 0.05) is 5.46 Å². The summed E-state index contributed by atoms with van der Waals surface area (Å²) in [5.41, 5.74) is 5.13. The number of hydrogen-bond acceptors (Lipinski definition) is 5. The molecule has 0 unspecified atom stereocenters. The molecule has 0 spiro atoms. The van der Waals surface area contributed by atoms with Gasteiger partial charge in [-0.25, -0.2) is 0 Å². The van der Waals surface area contributed by atoms with Crippen LogP contribution in [0.15, 0.2) is 6.07 Å². The number of primary amides is 1. The van der Waals surface area contributed by atoms with Gasteiger partial charge in [0.1, 0.15) is 0 Å². The second kappa shape index (κ2) is 4.50. The average Bonchev–Trinajstić information content (AvgIpc) is 2.78. The second-order valence-corrected chi connectivity index (χ2v) is 6.52. The van der Waals surface area contributed by atoms with Gasteiger partial charge in [-0.1, -0.05) is 11.3 Å². The minimum Gasteiger partial charge on any atom is -0.488 e. The third kappa shape index (κ3) is 2.38. The van der Waals surface area contributed by atoms with E-state index >= 15 is 0 Å². The van der Waals surface area contributed by atoms with E-state index in [0.29, 0.717) is 15.4 Å².